The monoisotopic (exact) mass is 379 g/mol. The molecule has 1 atom stereocenters. The Morgan fingerprint density at radius 1 is 1.29 bits per heavy atom. The zero-order chi connectivity index (χ0) is 16.5. The van der Waals surface area contributed by atoms with Gasteiger partial charge < -0.3 is 5.32 Å². The number of hydrogen-bond acceptors (Lipinski definition) is 5. The van der Waals surface area contributed by atoms with E-state index in [0.29, 0.717) is 33.4 Å². The van der Waals surface area contributed by atoms with Crippen LogP contribution in [0.15, 0.2) is 30.5 Å². The van der Waals surface area contributed by atoms with Gasteiger partial charge in [0.05, 0.1) is 5.25 Å². The summed E-state index contributed by atoms with van der Waals surface area (Å²) in [6, 6.07) is 7.70. The third-order valence-electron chi connectivity index (χ3n) is 3.95. The van der Waals surface area contributed by atoms with Crippen molar-refractivity contribution >= 4 is 46.4 Å². The van der Waals surface area contributed by atoms with Gasteiger partial charge in [0.2, 0.25) is 5.65 Å². The zero-order valence-corrected chi connectivity index (χ0v) is 15.1. The van der Waals surface area contributed by atoms with E-state index in [4.69, 9.17) is 23.2 Å². The Morgan fingerprint density at radius 3 is 3.00 bits per heavy atom. The Bertz CT molecular complexity index is 876. The van der Waals surface area contributed by atoms with E-state index in [2.05, 4.69) is 20.5 Å². The second-order valence-electron chi connectivity index (χ2n) is 5.65. The lowest BCUT2D eigenvalue weighted by molar-refractivity contribution is 0.765. The van der Waals surface area contributed by atoms with Gasteiger partial charge >= 0.3 is 0 Å². The van der Waals surface area contributed by atoms with E-state index >= 15 is 0 Å². The summed E-state index contributed by atoms with van der Waals surface area (Å²) in [5.41, 5.74) is 1.76. The molecule has 0 bridgehead atoms. The van der Waals surface area contributed by atoms with Crippen molar-refractivity contribution in [1.82, 2.24) is 19.6 Å². The van der Waals surface area contributed by atoms with Gasteiger partial charge in [-0.25, -0.2) is 4.98 Å². The number of anilines is 1. The van der Waals surface area contributed by atoms with Crippen LogP contribution in [0.1, 0.15) is 29.5 Å². The molecule has 1 aliphatic rings. The van der Waals surface area contributed by atoms with Gasteiger partial charge in [-0.1, -0.05) is 35.3 Å². The Morgan fingerprint density at radius 2 is 2.21 bits per heavy atom. The van der Waals surface area contributed by atoms with Crippen LogP contribution in [0.2, 0.25) is 10.2 Å². The number of benzene rings is 1. The fourth-order valence-corrected chi connectivity index (χ4v) is 4.49. The Balaban J connectivity index is 1.65. The van der Waals surface area contributed by atoms with Crippen molar-refractivity contribution in [2.75, 3.05) is 11.1 Å². The molecule has 1 N–H and O–H groups in total. The summed E-state index contributed by atoms with van der Waals surface area (Å²) in [4.78, 5) is 4.37. The molecular weight excluding hydrogens is 365 g/mol. The number of halogens is 2. The standard InChI is InChI=1S/C16H15Cl2N5S/c17-11-4-1-3-10(7-11)8-19-14-16-22-21-15(12-5-2-6-24-12)23(16)9-13(18)20-14/h1,3-4,7,9,12H,2,5-6,8H2,(H,19,20)/t12-/m0/s1. The SMILES string of the molecule is Clc1cccc(CNc2nc(Cl)cn3c([C@@H]4CCCS4)nnc23)c1. The van der Waals surface area contributed by atoms with E-state index in [0.717, 1.165) is 23.6 Å². The molecule has 0 unspecified atom stereocenters. The Hall–Kier alpha value is -1.50. The minimum atomic E-state index is 0.374. The molecule has 0 saturated carbocycles. The normalized spacial score (nSPS) is 17.5. The second kappa shape index (κ2) is 6.78. The molecule has 1 fully saturated rings. The van der Waals surface area contributed by atoms with E-state index in [-0.39, 0.29) is 0 Å². The largest absolute Gasteiger partial charge is 0.363 e. The molecule has 1 saturated heterocycles. The molecule has 8 heteroatoms. The fourth-order valence-electron chi connectivity index (χ4n) is 2.84. The Kier molecular flexibility index (Phi) is 4.52. The molecule has 2 aromatic heterocycles. The third-order valence-corrected chi connectivity index (χ3v) is 5.75. The first-order valence-corrected chi connectivity index (χ1v) is 9.52. The highest BCUT2D eigenvalue weighted by Gasteiger charge is 2.24. The highest BCUT2D eigenvalue weighted by atomic mass is 35.5. The molecule has 5 nitrogen and oxygen atoms in total. The quantitative estimate of drug-likeness (QED) is 0.716. The summed E-state index contributed by atoms with van der Waals surface area (Å²) in [7, 11) is 0. The molecule has 3 aromatic rings. The van der Waals surface area contributed by atoms with Gasteiger partial charge in [-0.15, -0.1) is 10.2 Å². The first-order valence-electron chi connectivity index (χ1n) is 7.72. The molecular formula is C16H15Cl2N5S. The van der Waals surface area contributed by atoms with Crippen molar-refractivity contribution in [1.29, 1.82) is 0 Å². The van der Waals surface area contributed by atoms with Crippen LogP contribution in [-0.2, 0) is 6.54 Å². The molecule has 4 rings (SSSR count). The predicted molar refractivity (Wildman–Crippen MR) is 99.0 cm³/mol. The molecule has 3 heterocycles. The van der Waals surface area contributed by atoms with E-state index in [1.807, 2.05) is 40.4 Å². The lowest BCUT2D eigenvalue weighted by Crippen LogP contribution is -2.05. The lowest BCUT2D eigenvalue weighted by atomic mass is 10.2. The van der Waals surface area contributed by atoms with Crippen LogP contribution in [0.4, 0.5) is 5.82 Å². The predicted octanol–water partition coefficient (Wildman–Crippen LogP) is 4.61. The van der Waals surface area contributed by atoms with Gasteiger partial charge in [0.1, 0.15) is 5.15 Å². The van der Waals surface area contributed by atoms with E-state index in [1.165, 1.54) is 6.42 Å². The molecule has 0 amide bonds. The maximum atomic E-state index is 6.21. The summed E-state index contributed by atoms with van der Waals surface area (Å²) in [5.74, 6) is 2.74. The third kappa shape index (κ3) is 3.18. The smallest absolute Gasteiger partial charge is 0.203 e. The van der Waals surface area contributed by atoms with Crippen molar-refractivity contribution in [2.45, 2.75) is 24.6 Å². The summed E-state index contributed by atoms with van der Waals surface area (Å²) in [6.07, 6.45) is 4.12. The van der Waals surface area contributed by atoms with Gasteiger partial charge in [0, 0.05) is 17.8 Å². The first-order chi connectivity index (χ1) is 11.7. The van der Waals surface area contributed by atoms with E-state index in [9.17, 15) is 0 Å². The fraction of sp³-hybridized carbons (Fsp3) is 0.312. The summed E-state index contributed by atoms with van der Waals surface area (Å²) in [5, 5.41) is 13.5. The Labute approximate surface area is 153 Å². The minimum Gasteiger partial charge on any atom is -0.363 e. The minimum absolute atomic E-state index is 0.374. The second-order valence-corrected chi connectivity index (χ2v) is 7.78. The van der Waals surface area contributed by atoms with Crippen LogP contribution < -0.4 is 5.32 Å². The van der Waals surface area contributed by atoms with Gasteiger partial charge in [-0.3, -0.25) is 4.40 Å². The molecule has 0 aliphatic carbocycles. The molecule has 124 valence electrons. The topological polar surface area (TPSA) is 55.1 Å². The molecule has 0 radical (unpaired) electrons. The summed E-state index contributed by atoms with van der Waals surface area (Å²) < 4.78 is 1.96. The van der Waals surface area contributed by atoms with Crippen molar-refractivity contribution in [3.63, 3.8) is 0 Å². The number of aromatic nitrogens is 4. The van der Waals surface area contributed by atoms with Gasteiger partial charge in [0.25, 0.3) is 0 Å². The number of thioether (sulfide) groups is 1. The summed E-state index contributed by atoms with van der Waals surface area (Å²) >= 11 is 14.2. The van der Waals surface area contributed by atoms with Crippen molar-refractivity contribution < 1.29 is 0 Å². The van der Waals surface area contributed by atoms with Crippen LogP contribution >= 0.6 is 35.0 Å². The highest BCUT2D eigenvalue weighted by molar-refractivity contribution is 7.99. The maximum Gasteiger partial charge on any atom is 0.203 e. The number of hydrogen-bond donors (Lipinski definition) is 1. The van der Waals surface area contributed by atoms with Crippen LogP contribution in [0, 0.1) is 0 Å². The van der Waals surface area contributed by atoms with Crippen molar-refractivity contribution in [3.8, 4) is 0 Å². The average Bonchev–Trinajstić information content (AvgIpc) is 3.21. The van der Waals surface area contributed by atoms with Crippen molar-refractivity contribution in [3.05, 3.63) is 52.0 Å². The van der Waals surface area contributed by atoms with Crippen molar-refractivity contribution in [2.24, 2.45) is 0 Å². The average molecular weight is 380 g/mol. The zero-order valence-electron chi connectivity index (χ0n) is 12.7. The van der Waals surface area contributed by atoms with Gasteiger partial charge in [-0.2, -0.15) is 11.8 Å². The molecule has 1 aromatic carbocycles. The number of nitrogens with one attached hydrogen (secondary N) is 1. The van der Waals surface area contributed by atoms with E-state index in [1.54, 1.807) is 6.20 Å². The summed E-state index contributed by atoms with van der Waals surface area (Å²) in [6.45, 7) is 0.587. The number of nitrogens with zero attached hydrogens (tertiary/aromatic N) is 4. The maximum absolute atomic E-state index is 6.21. The molecule has 24 heavy (non-hydrogen) atoms. The number of rotatable bonds is 4. The van der Waals surface area contributed by atoms with Gasteiger partial charge in [-0.05, 0) is 36.3 Å². The molecule has 1 aliphatic heterocycles. The van der Waals surface area contributed by atoms with Crippen LogP contribution in [0.5, 0.6) is 0 Å². The first kappa shape index (κ1) is 16.0. The van der Waals surface area contributed by atoms with E-state index < -0.39 is 0 Å². The number of fused-ring (bicyclic) bond motifs is 1. The van der Waals surface area contributed by atoms with Crippen LogP contribution in [-0.4, -0.2) is 25.3 Å². The molecule has 0 spiro atoms. The lowest BCUT2D eigenvalue weighted by Gasteiger charge is -2.10. The highest BCUT2D eigenvalue weighted by Crippen LogP contribution is 2.39. The van der Waals surface area contributed by atoms with Crippen LogP contribution in [0.3, 0.4) is 0 Å². The van der Waals surface area contributed by atoms with Gasteiger partial charge in [0.15, 0.2) is 11.6 Å². The van der Waals surface area contributed by atoms with Crippen LogP contribution in [0.25, 0.3) is 5.65 Å².